The largest absolute Gasteiger partial charge is 0.478 e. The number of aromatic carboxylic acids is 1. The Morgan fingerprint density at radius 3 is 2.57 bits per heavy atom. The second-order valence-electron chi connectivity index (χ2n) is 5.37. The highest BCUT2D eigenvalue weighted by molar-refractivity contribution is 6.31. The van der Waals surface area contributed by atoms with Crippen molar-refractivity contribution in [3.8, 4) is 0 Å². The first-order valence-electron chi connectivity index (χ1n) is 7.03. The lowest BCUT2D eigenvalue weighted by molar-refractivity contribution is -0.127. The Balaban J connectivity index is 2.20. The molecule has 3 N–H and O–H groups in total. The molecular formula is C15H19ClN2O3. The van der Waals surface area contributed by atoms with Gasteiger partial charge in [-0.2, -0.15) is 0 Å². The number of amides is 1. The molecule has 1 aromatic carbocycles. The summed E-state index contributed by atoms with van der Waals surface area (Å²) >= 11 is 5.91. The second-order valence-corrected chi connectivity index (χ2v) is 5.81. The van der Waals surface area contributed by atoms with Crippen LogP contribution in [0, 0.1) is 5.41 Å². The van der Waals surface area contributed by atoms with Crippen LogP contribution in [0.3, 0.4) is 0 Å². The average molecular weight is 311 g/mol. The van der Waals surface area contributed by atoms with Gasteiger partial charge in [-0.1, -0.05) is 18.5 Å². The topological polar surface area (TPSA) is 78.4 Å². The van der Waals surface area contributed by atoms with Gasteiger partial charge in [-0.3, -0.25) is 4.79 Å². The van der Waals surface area contributed by atoms with E-state index in [9.17, 15) is 9.59 Å². The van der Waals surface area contributed by atoms with Crippen LogP contribution in [0.2, 0.25) is 5.02 Å². The molecular weight excluding hydrogens is 292 g/mol. The highest BCUT2D eigenvalue weighted by Crippen LogP contribution is 2.34. The number of hydrogen-bond donors (Lipinski definition) is 3. The van der Waals surface area contributed by atoms with Crippen molar-refractivity contribution in [3.05, 3.63) is 28.8 Å². The van der Waals surface area contributed by atoms with Crippen molar-refractivity contribution >= 4 is 29.2 Å². The number of anilines is 1. The van der Waals surface area contributed by atoms with Gasteiger partial charge in [-0.15, -0.1) is 0 Å². The number of nitrogens with one attached hydrogen (secondary N) is 2. The Hall–Kier alpha value is -1.59. The molecule has 6 heteroatoms. The van der Waals surface area contributed by atoms with Crippen LogP contribution in [0.25, 0.3) is 0 Å². The highest BCUT2D eigenvalue weighted by Gasteiger charge is 2.37. The SMILES string of the molecule is CCC1(C(=O)Nc2cc(Cl)cc(C(=O)O)c2)CCNCC1. The van der Waals surface area contributed by atoms with E-state index in [4.69, 9.17) is 16.7 Å². The van der Waals surface area contributed by atoms with E-state index in [-0.39, 0.29) is 11.5 Å². The van der Waals surface area contributed by atoms with Gasteiger partial charge in [0.1, 0.15) is 0 Å². The summed E-state index contributed by atoms with van der Waals surface area (Å²) in [5, 5.41) is 15.4. The highest BCUT2D eigenvalue weighted by atomic mass is 35.5. The zero-order valence-corrected chi connectivity index (χ0v) is 12.7. The third-order valence-electron chi connectivity index (χ3n) is 4.12. The van der Waals surface area contributed by atoms with Gasteiger partial charge in [0.2, 0.25) is 5.91 Å². The number of halogens is 1. The zero-order chi connectivity index (χ0) is 15.5. The number of rotatable bonds is 4. The molecule has 1 heterocycles. The molecule has 21 heavy (non-hydrogen) atoms. The van der Waals surface area contributed by atoms with Crippen molar-refractivity contribution in [2.24, 2.45) is 5.41 Å². The van der Waals surface area contributed by atoms with E-state index in [1.54, 1.807) is 6.07 Å². The first-order valence-corrected chi connectivity index (χ1v) is 7.41. The van der Waals surface area contributed by atoms with E-state index in [1.807, 2.05) is 6.92 Å². The van der Waals surface area contributed by atoms with Gasteiger partial charge in [0, 0.05) is 10.7 Å². The van der Waals surface area contributed by atoms with Crippen LogP contribution in [0.1, 0.15) is 36.5 Å². The fraction of sp³-hybridized carbons (Fsp3) is 0.467. The van der Waals surface area contributed by atoms with Crippen LogP contribution in [-0.4, -0.2) is 30.1 Å². The smallest absolute Gasteiger partial charge is 0.335 e. The van der Waals surface area contributed by atoms with Crippen LogP contribution < -0.4 is 10.6 Å². The lowest BCUT2D eigenvalue weighted by atomic mass is 9.76. The maximum absolute atomic E-state index is 12.6. The molecule has 1 aliphatic heterocycles. The van der Waals surface area contributed by atoms with E-state index in [0.717, 1.165) is 32.4 Å². The molecule has 0 saturated carbocycles. The van der Waals surface area contributed by atoms with E-state index in [0.29, 0.717) is 10.7 Å². The lowest BCUT2D eigenvalue weighted by Gasteiger charge is -2.35. The molecule has 0 aromatic heterocycles. The minimum atomic E-state index is -1.07. The van der Waals surface area contributed by atoms with Crippen LogP contribution in [0.15, 0.2) is 18.2 Å². The van der Waals surface area contributed by atoms with Crippen molar-refractivity contribution in [2.45, 2.75) is 26.2 Å². The number of benzene rings is 1. The van der Waals surface area contributed by atoms with Crippen LogP contribution in [-0.2, 0) is 4.79 Å². The number of hydrogen-bond acceptors (Lipinski definition) is 3. The van der Waals surface area contributed by atoms with E-state index in [1.165, 1.54) is 12.1 Å². The van der Waals surface area contributed by atoms with Crippen molar-refractivity contribution in [3.63, 3.8) is 0 Å². The van der Waals surface area contributed by atoms with Crippen LogP contribution in [0.5, 0.6) is 0 Å². The molecule has 114 valence electrons. The monoisotopic (exact) mass is 310 g/mol. The summed E-state index contributed by atoms with van der Waals surface area (Å²) < 4.78 is 0. The molecule has 2 rings (SSSR count). The van der Waals surface area contributed by atoms with E-state index < -0.39 is 11.4 Å². The third kappa shape index (κ3) is 3.54. The predicted molar refractivity (Wildman–Crippen MR) is 81.9 cm³/mol. The quantitative estimate of drug-likeness (QED) is 0.799. The molecule has 1 fully saturated rings. The van der Waals surface area contributed by atoms with Gasteiger partial charge in [-0.25, -0.2) is 4.79 Å². The Morgan fingerprint density at radius 2 is 2.00 bits per heavy atom. The van der Waals surface area contributed by atoms with Crippen molar-refractivity contribution in [2.75, 3.05) is 18.4 Å². The average Bonchev–Trinajstić information content (AvgIpc) is 2.47. The summed E-state index contributed by atoms with van der Waals surface area (Å²) in [6.07, 6.45) is 2.32. The van der Waals surface area contributed by atoms with Gasteiger partial charge in [-0.05, 0) is 50.6 Å². The van der Waals surface area contributed by atoms with Gasteiger partial charge < -0.3 is 15.7 Å². The molecule has 0 aliphatic carbocycles. The molecule has 0 atom stereocenters. The van der Waals surface area contributed by atoms with E-state index in [2.05, 4.69) is 10.6 Å². The third-order valence-corrected chi connectivity index (χ3v) is 4.34. The van der Waals surface area contributed by atoms with E-state index >= 15 is 0 Å². The van der Waals surface area contributed by atoms with Crippen LogP contribution >= 0.6 is 11.6 Å². The summed E-state index contributed by atoms with van der Waals surface area (Å²) in [6, 6.07) is 4.35. The Bertz CT molecular complexity index is 554. The summed E-state index contributed by atoms with van der Waals surface area (Å²) in [6.45, 7) is 3.64. The first kappa shape index (κ1) is 15.8. The molecule has 1 aromatic rings. The van der Waals surface area contributed by atoms with Gasteiger partial charge in [0.05, 0.1) is 11.0 Å². The number of carbonyl (C=O) groups is 2. The molecule has 5 nitrogen and oxygen atoms in total. The lowest BCUT2D eigenvalue weighted by Crippen LogP contribution is -2.44. The summed E-state index contributed by atoms with van der Waals surface area (Å²) in [5.74, 6) is -1.13. The Labute approximate surface area is 128 Å². The molecule has 0 bridgehead atoms. The van der Waals surface area contributed by atoms with Crippen molar-refractivity contribution < 1.29 is 14.7 Å². The molecule has 1 saturated heterocycles. The minimum Gasteiger partial charge on any atom is -0.478 e. The second kappa shape index (κ2) is 6.45. The summed E-state index contributed by atoms with van der Waals surface area (Å²) in [4.78, 5) is 23.6. The molecule has 0 radical (unpaired) electrons. The fourth-order valence-corrected chi connectivity index (χ4v) is 2.93. The summed E-state index contributed by atoms with van der Waals surface area (Å²) in [7, 11) is 0. The van der Waals surface area contributed by atoms with Gasteiger partial charge in [0.15, 0.2) is 0 Å². The Kier molecular flexibility index (Phi) is 4.85. The van der Waals surface area contributed by atoms with Crippen molar-refractivity contribution in [1.82, 2.24) is 5.32 Å². The Morgan fingerprint density at radius 1 is 1.33 bits per heavy atom. The normalized spacial score (nSPS) is 17.2. The van der Waals surface area contributed by atoms with Gasteiger partial charge in [0.25, 0.3) is 0 Å². The molecule has 0 spiro atoms. The van der Waals surface area contributed by atoms with Crippen LogP contribution in [0.4, 0.5) is 5.69 Å². The zero-order valence-electron chi connectivity index (χ0n) is 11.9. The maximum Gasteiger partial charge on any atom is 0.335 e. The number of carboxylic acid groups (broad SMARTS) is 1. The maximum atomic E-state index is 12.6. The first-order chi connectivity index (χ1) is 9.97. The molecule has 1 amide bonds. The summed E-state index contributed by atoms with van der Waals surface area (Å²) in [5.41, 5.74) is 0.0988. The molecule has 1 aliphatic rings. The number of piperidine rings is 1. The fourth-order valence-electron chi connectivity index (χ4n) is 2.70. The minimum absolute atomic E-state index is 0.0636. The number of carboxylic acids is 1. The number of carbonyl (C=O) groups excluding carboxylic acids is 1. The molecule has 0 unspecified atom stereocenters. The predicted octanol–water partition coefficient (Wildman–Crippen LogP) is 2.76. The standard InChI is InChI=1S/C15H19ClN2O3/c1-2-15(3-5-17-6-4-15)14(21)18-12-8-10(13(19)20)7-11(16)9-12/h7-9,17H,2-6H2,1H3,(H,18,21)(H,19,20). The van der Waals surface area contributed by atoms with Crippen molar-refractivity contribution in [1.29, 1.82) is 0 Å². The van der Waals surface area contributed by atoms with Gasteiger partial charge >= 0.3 is 5.97 Å².